The van der Waals surface area contributed by atoms with Crippen LogP contribution in [-0.2, 0) is 23.7 Å². The minimum absolute atomic E-state index is 0.155. The average molecular weight is 301 g/mol. The molecule has 0 radical (unpaired) electrons. The summed E-state index contributed by atoms with van der Waals surface area (Å²) in [4.78, 5) is 0.656. The quantitative estimate of drug-likeness (QED) is 0.894. The third-order valence-electron chi connectivity index (χ3n) is 2.66. The molecule has 0 bridgehead atoms. The molecular weight excluding hydrogens is 286 g/mol. The maximum absolute atomic E-state index is 12.2. The van der Waals surface area contributed by atoms with Crippen LogP contribution in [0, 0.1) is 13.8 Å². The summed E-state index contributed by atoms with van der Waals surface area (Å²) in [7, 11) is -1.90. The van der Waals surface area contributed by atoms with Gasteiger partial charge in [-0.15, -0.1) is 11.3 Å². The summed E-state index contributed by atoms with van der Waals surface area (Å²) in [6.45, 7) is 3.35. The highest BCUT2D eigenvalue weighted by atomic mass is 32.2. The van der Waals surface area contributed by atoms with Crippen molar-refractivity contribution in [3.05, 3.63) is 28.4 Å². The Morgan fingerprint density at radius 2 is 2.16 bits per heavy atom. The van der Waals surface area contributed by atoms with Crippen LogP contribution in [0.1, 0.15) is 16.1 Å². The van der Waals surface area contributed by atoms with Crippen molar-refractivity contribution < 1.29 is 13.5 Å². The maximum Gasteiger partial charge on any atom is 0.271 e. The Kier molecular flexibility index (Phi) is 3.66. The summed E-state index contributed by atoms with van der Waals surface area (Å²) in [6, 6.07) is 1.56. The number of aliphatic hydroxyl groups excluding tert-OH is 1. The number of thiophene rings is 1. The molecule has 2 N–H and O–H groups in total. The number of aryl methyl sites for hydroxylation is 3. The molecule has 0 amide bonds. The zero-order chi connectivity index (χ0) is 14.2. The Balaban J connectivity index is 2.34. The highest BCUT2D eigenvalue weighted by Gasteiger charge is 2.20. The van der Waals surface area contributed by atoms with E-state index < -0.39 is 10.0 Å². The van der Waals surface area contributed by atoms with Gasteiger partial charge in [-0.3, -0.25) is 9.40 Å². The van der Waals surface area contributed by atoms with Crippen molar-refractivity contribution in [2.24, 2.45) is 7.05 Å². The Bertz CT molecular complexity index is 701. The van der Waals surface area contributed by atoms with Gasteiger partial charge in [-0.05, 0) is 25.5 Å². The molecular formula is C11H15N3O3S2. The van der Waals surface area contributed by atoms with Crippen LogP contribution in [0.15, 0.2) is 16.5 Å². The largest absolute Gasteiger partial charge is 0.391 e. The van der Waals surface area contributed by atoms with Crippen molar-refractivity contribution in [3.8, 4) is 0 Å². The van der Waals surface area contributed by atoms with Gasteiger partial charge in [-0.2, -0.15) is 5.10 Å². The van der Waals surface area contributed by atoms with Gasteiger partial charge in [0.15, 0.2) is 0 Å². The predicted octanol–water partition coefficient (Wildman–Crippen LogP) is 1.39. The monoisotopic (exact) mass is 301 g/mol. The fourth-order valence-corrected chi connectivity index (χ4v) is 4.22. The van der Waals surface area contributed by atoms with E-state index in [-0.39, 0.29) is 10.8 Å². The SMILES string of the molecule is Cc1cc(S(=O)(=O)Nc2cn(C)nc2C)sc1CO. The highest BCUT2D eigenvalue weighted by molar-refractivity contribution is 7.94. The van der Waals surface area contributed by atoms with Gasteiger partial charge in [-0.25, -0.2) is 8.42 Å². The molecule has 0 aliphatic carbocycles. The lowest BCUT2D eigenvalue weighted by Gasteiger charge is -2.03. The summed E-state index contributed by atoms with van der Waals surface area (Å²) in [5, 5.41) is 13.2. The standard InChI is InChI=1S/C11H15N3O3S2/c1-7-4-11(18-10(7)6-15)19(16,17)13-9-5-14(3)12-8(9)2/h4-5,13,15H,6H2,1-3H3. The topological polar surface area (TPSA) is 84.2 Å². The zero-order valence-electron chi connectivity index (χ0n) is 10.8. The Hall–Kier alpha value is -1.38. The van der Waals surface area contributed by atoms with E-state index in [0.717, 1.165) is 16.9 Å². The first-order valence-corrected chi connectivity index (χ1v) is 7.86. The van der Waals surface area contributed by atoms with Crippen molar-refractivity contribution in [1.82, 2.24) is 9.78 Å². The molecule has 0 unspecified atom stereocenters. The summed E-state index contributed by atoms with van der Waals surface area (Å²) >= 11 is 1.07. The molecule has 0 aromatic carbocycles. The molecule has 8 heteroatoms. The zero-order valence-corrected chi connectivity index (χ0v) is 12.5. The van der Waals surface area contributed by atoms with E-state index in [9.17, 15) is 8.42 Å². The minimum Gasteiger partial charge on any atom is -0.391 e. The normalized spacial score (nSPS) is 11.8. The summed E-state index contributed by atoms with van der Waals surface area (Å²) in [5.41, 5.74) is 1.84. The van der Waals surface area contributed by atoms with Gasteiger partial charge in [0, 0.05) is 18.1 Å². The molecule has 2 rings (SSSR count). The number of rotatable bonds is 4. The minimum atomic E-state index is -3.63. The first-order valence-electron chi connectivity index (χ1n) is 5.56. The van der Waals surface area contributed by atoms with E-state index in [1.807, 2.05) is 0 Å². The Morgan fingerprint density at radius 3 is 2.63 bits per heavy atom. The van der Waals surface area contributed by atoms with E-state index in [2.05, 4.69) is 9.82 Å². The predicted molar refractivity (Wildman–Crippen MR) is 73.7 cm³/mol. The highest BCUT2D eigenvalue weighted by Crippen LogP contribution is 2.28. The molecule has 0 saturated heterocycles. The van der Waals surface area contributed by atoms with Crippen LogP contribution in [-0.4, -0.2) is 23.3 Å². The van der Waals surface area contributed by atoms with E-state index in [4.69, 9.17) is 5.11 Å². The van der Waals surface area contributed by atoms with Crippen LogP contribution >= 0.6 is 11.3 Å². The van der Waals surface area contributed by atoms with Crippen LogP contribution < -0.4 is 4.72 Å². The summed E-state index contributed by atoms with van der Waals surface area (Å²) in [6.07, 6.45) is 1.61. The molecule has 2 aromatic heterocycles. The first-order chi connectivity index (χ1) is 8.83. The van der Waals surface area contributed by atoms with Crippen LogP contribution in [0.25, 0.3) is 0 Å². The van der Waals surface area contributed by atoms with Gasteiger partial charge in [0.25, 0.3) is 10.0 Å². The molecule has 0 saturated carbocycles. The van der Waals surface area contributed by atoms with Gasteiger partial charge in [0.2, 0.25) is 0 Å². The molecule has 104 valence electrons. The lowest BCUT2D eigenvalue weighted by molar-refractivity contribution is 0.285. The first kappa shape index (κ1) is 14.0. The van der Waals surface area contributed by atoms with Gasteiger partial charge in [0.1, 0.15) is 4.21 Å². The fourth-order valence-electron chi connectivity index (χ4n) is 1.67. The molecule has 0 fully saturated rings. The van der Waals surface area contributed by atoms with Crippen LogP contribution in [0.3, 0.4) is 0 Å². The number of nitrogens with zero attached hydrogens (tertiary/aromatic N) is 2. The van der Waals surface area contributed by atoms with Gasteiger partial charge < -0.3 is 5.11 Å². The number of hydrogen-bond acceptors (Lipinski definition) is 5. The van der Waals surface area contributed by atoms with E-state index in [1.54, 1.807) is 37.8 Å². The summed E-state index contributed by atoms with van der Waals surface area (Å²) < 4.78 is 28.7. The van der Waals surface area contributed by atoms with E-state index >= 15 is 0 Å². The van der Waals surface area contributed by atoms with Gasteiger partial charge >= 0.3 is 0 Å². The lowest BCUT2D eigenvalue weighted by Crippen LogP contribution is -2.11. The van der Waals surface area contributed by atoms with Crippen LogP contribution in [0.5, 0.6) is 0 Å². The second-order valence-electron chi connectivity index (χ2n) is 4.24. The molecule has 0 aliphatic rings. The third kappa shape index (κ3) is 2.80. The number of aliphatic hydroxyl groups is 1. The number of aromatic nitrogens is 2. The molecule has 0 atom stereocenters. The van der Waals surface area contributed by atoms with Gasteiger partial charge in [0.05, 0.1) is 18.0 Å². The number of sulfonamides is 1. The smallest absolute Gasteiger partial charge is 0.271 e. The van der Waals surface area contributed by atoms with Crippen molar-refractivity contribution >= 4 is 27.0 Å². The average Bonchev–Trinajstić information content (AvgIpc) is 2.82. The molecule has 0 aliphatic heterocycles. The van der Waals surface area contributed by atoms with E-state index in [1.165, 1.54) is 0 Å². The second-order valence-corrected chi connectivity index (χ2v) is 7.28. The number of nitrogens with one attached hydrogen (secondary N) is 1. The Morgan fingerprint density at radius 1 is 1.47 bits per heavy atom. The Labute approximate surface area is 115 Å². The molecule has 0 spiro atoms. The lowest BCUT2D eigenvalue weighted by atomic mass is 10.3. The molecule has 19 heavy (non-hydrogen) atoms. The molecule has 2 aromatic rings. The second kappa shape index (κ2) is 4.95. The molecule has 6 nitrogen and oxygen atoms in total. The summed E-state index contributed by atoms with van der Waals surface area (Å²) in [5.74, 6) is 0. The molecule has 2 heterocycles. The third-order valence-corrected chi connectivity index (χ3v) is 5.73. The van der Waals surface area contributed by atoms with Crippen molar-refractivity contribution in [3.63, 3.8) is 0 Å². The van der Waals surface area contributed by atoms with Crippen LogP contribution in [0.4, 0.5) is 5.69 Å². The fraction of sp³-hybridized carbons (Fsp3) is 0.364. The van der Waals surface area contributed by atoms with Crippen molar-refractivity contribution in [1.29, 1.82) is 0 Å². The van der Waals surface area contributed by atoms with Gasteiger partial charge in [-0.1, -0.05) is 0 Å². The van der Waals surface area contributed by atoms with Crippen molar-refractivity contribution in [2.75, 3.05) is 4.72 Å². The van der Waals surface area contributed by atoms with Crippen LogP contribution in [0.2, 0.25) is 0 Å². The van der Waals surface area contributed by atoms with E-state index in [0.29, 0.717) is 16.3 Å². The van der Waals surface area contributed by atoms with Crippen molar-refractivity contribution in [2.45, 2.75) is 24.7 Å². The maximum atomic E-state index is 12.2. The number of anilines is 1. The number of hydrogen-bond donors (Lipinski definition) is 2.